The third-order valence-corrected chi connectivity index (χ3v) is 3.54. The van der Waals surface area contributed by atoms with E-state index in [0.717, 1.165) is 25.0 Å². The molecule has 1 saturated heterocycles. The molecule has 1 atom stereocenters. The van der Waals surface area contributed by atoms with Gasteiger partial charge in [-0.3, -0.25) is 4.79 Å². The van der Waals surface area contributed by atoms with Gasteiger partial charge in [0.2, 0.25) is 11.8 Å². The maximum absolute atomic E-state index is 11.6. The Labute approximate surface area is 114 Å². The normalized spacial score (nSPS) is 22.6. The Balaban J connectivity index is 2.18. The van der Waals surface area contributed by atoms with Crippen molar-refractivity contribution in [1.29, 1.82) is 0 Å². The van der Waals surface area contributed by atoms with Crippen LogP contribution in [0, 0.1) is 5.92 Å². The molecule has 1 unspecified atom stereocenters. The van der Waals surface area contributed by atoms with Crippen molar-refractivity contribution in [3.63, 3.8) is 0 Å². The lowest BCUT2D eigenvalue weighted by atomic mass is 9.83. The Morgan fingerprint density at radius 1 is 1.47 bits per heavy atom. The van der Waals surface area contributed by atoms with Crippen molar-refractivity contribution in [3.8, 4) is 5.88 Å². The maximum atomic E-state index is 11.6. The smallest absolute Gasteiger partial charge is 0.220 e. The molecule has 4 heteroatoms. The van der Waals surface area contributed by atoms with Gasteiger partial charge in [0, 0.05) is 30.1 Å². The predicted molar refractivity (Wildman–Crippen MR) is 74.1 cm³/mol. The Hall–Kier alpha value is -1.58. The summed E-state index contributed by atoms with van der Waals surface area (Å²) in [7, 11) is 1.62. The third kappa shape index (κ3) is 3.46. The Morgan fingerprint density at radius 3 is 2.84 bits per heavy atom. The van der Waals surface area contributed by atoms with Gasteiger partial charge in [-0.15, -0.1) is 0 Å². The van der Waals surface area contributed by atoms with Gasteiger partial charge in [-0.05, 0) is 24.8 Å². The molecule has 0 saturated carbocycles. The molecular weight excluding hydrogens is 240 g/mol. The van der Waals surface area contributed by atoms with E-state index in [1.807, 2.05) is 18.2 Å². The Bertz CT molecular complexity index is 459. The topological polar surface area (TPSA) is 51.2 Å². The van der Waals surface area contributed by atoms with E-state index in [9.17, 15) is 4.79 Å². The van der Waals surface area contributed by atoms with Crippen LogP contribution in [0.2, 0.25) is 0 Å². The van der Waals surface area contributed by atoms with Crippen molar-refractivity contribution >= 4 is 5.91 Å². The molecule has 0 radical (unpaired) electrons. The summed E-state index contributed by atoms with van der Waals surface area (Å²) < 4.78 is 5.16. The first-order valence-electron chi connectivity index (χ1n) is 6.84. The van der Waals surface area contributed by atoms with E-state index in [0.29, 0.717) is 18.2 Å². The van der Waals surface area contributed by atoms with Gasteiger partial charge < -0.3 is 10.1 Å². The SMILES string of the molecule is COc1cccc(CC2(CC(C)C)CCC(=O)N2)n1. The highest BCUT2D eigenvalue weighted by molar-refractivity contribution is 5.79. The van der Waals surface area contributed by atoms with Gasteiger partial charge in [-0.1, -0.05) is 19.9 Å². The number of amides is 1. The minimum atomic E-state index is -0.134. The van der Waals surface area contributed by atoms with Gasteiger partial charge >= 0.3 is 0 Å². The predicted octanol–water partition coefficient (Wildman–Crippen LogP) is 2.33. The highest BCUT2D eigenvalue weighted by Gasteiger charge is 2.38. The molecule has 1 amide bonds. The first kappa shape index (κ1) is 13.8. The fourth-order valence-corrected chi connectivity index (χ4v) is 2.93. The molecule has 19 heavy (non-hydrogen) atoms. The van der Waals surface area contributed by atoms with E-state index >= 15 is 0 Å². The Morgan fingerprint density at radius 2 is 2.26 bits per heavy atom. The van der Waals surface area contributed by atoms with Gasteiger partial charge in [-0.25, -0.2) is 4.98 Å². The van der Waals surface area contributed by atoms with Crippen LogP contribution >= 0.6 is 0 Å². The third-order valence-electron chi connectivity index (χ3n) is 3.54. The van der Waals surface area contributed by atoms with Crippen molar-refractivity contribution in [2.45, 2.75) is 45.1 Å². The number of aromatic nitrogens is 1. The van der Waals surface area contributed by atoms with Crippen LogP contribution in [0.3, 0.4) is 0 Å². The van der Waals surface area contributed by atoms with E-state index in [2.05, 4.69) is 24.1 Å². The van der Waals surface area contributed by atoms with Crippen molar-refractivity contribution in [2.24, 2.45) is 5.92 Å². The van der Waals surface area contributed by atoms with E-state index in [1.165, 1.54) is 0 Å². The molecule has 0 spiro atoms. The van der Waals surface area contributed by atoms with E-state index in [4.69, 9.17) is 4.74 Å². The number of carbonyl (C=O) groups is 1. The molecular formula is C15H22N2O2. The fourth-order valence-electron chi connectivity index (χ4n) is 2.93. The lowest BCUT2D eigenvalue weighted by Gasteiger charge is -2.30. The molecule has 1 aromatic heterocycles. The summed E-state index contributed by atoms with van der Waals surface area (Å²) in [5, 5.41) is 3.16. The zero-order chi connectivity index (χ0) is 13.9. The van der Waals surface area contributed by atoms with E-state index < -0.39 is 0 Å². The van der Waals surface area contributed by atoms with Crippen LogP contribution in [-0.4, -0.2) is 23.5 Å². The quantitative estimate of drug-likeness (QED) is 0.886. The van der Waals surface area contributed by atoms with Gasteiger partial charge in [0.15, 0.2) is 0 Å². The lowest BCUT2D eigenvalue weighted by Crippen LogP contribution is -2.44. The van der Waals surface area contributed by atoms with Crippen molar-refractivity contribution in [2.75, 3.05) is 7.11 Å². The molecule has 104 valence electrons. The summed E-state index contributed by atoms with van der Waals surface area (Å²) in [6.07, 6.45) is 3.27. The molecule has 1 aliphatic rings. The van der Waals surface area contributed by atoms with Gasteiger partial charge in [-0.2, -0.15) is 0 Å². The Kier molecular flexibility index (Phi) is 4.08. The number of pyridine rings is 1. The summed E-state index contributed by atoms with van der Waals surface area (Å²) in [4.78, 5) is 16.1. The molecule has 4 nitrogen and oxygen atoms in total. The summed E-state index contributed by atoms with van der Waals surface area (Å²) in [6, 6.07) is 5.78. The molecule has 2 rings (SSSR count). The lowest BCUT2D eigenvalue weighted by molar-refractivity contribution is -0.119. The van der Waals surface area contributed by atoms with Crippen LogP contribution in [0.25, 0.3) is 0 Å². The standard InChI is InChI=1S/C15H22N2O2/c1-11(2)9-15(8-7-13(18)17-15)10-12-5-4-6-14(16-12)19-3/h4-6,11H,7-10H2,1-3H3,(H,17,18). The number of nitrogens with zero attached hydrogens (tertiary/aromatic N) is 1. The van der Waals surface area contributed by atoms with Crippen LogP contribution in [0.5, 0.6) is 5.88 Å². The molecule has 1 aliphatic heterocycles. The van der Waals surface area contributed by atoms with Crippen LogP contribution in [0.1, 0.15) is 38.8 Å². The fraction of sp³-hybridized carbons (Fsp3) is 0.600. The molecule has 0 bridgehead atoms. The van der Waals surface area contributed by atoms with E-state index in [1.54, 1.807) is 7.11 Å². The van der Waals surface area contributed by atoms with Gasteiger partial charge in [0.25, 0.3) is 0 Å². The monoisotopic (exact) mass is 262 g/mol. The second kappa shape index (κ2) is 5.59. The van der Waals surface area contributed by atoms with Gasteiger partial charge in [0.1, 0.15) is 0 Å². The first-order chi connectivity index (χ1) is 9.03. The summed E-state index contributed by atoms with van der Waals surface area (Å²) >= 11 is 0. The number of ether oxygens (including phenoxy) is 1. The number of carbonyl (C=O) groups excluding carboxylic acids is 1. The average Bonchev–Trinajstić information content (AvgIpc) is 2.69. The van der Waals surface area contributed by atoms with Crippen LogP contribution in [-0.2, 0) is 11.2 Å². The molecule has 0 aromatic carbocycles. The zero-order valence-electron chi connectivity index (χ0n) is 11.9. The highest BCUT2D eigenvalue weighted by atomic mass is 16.5. The minimum absolute atomic E-state index is 0.134. The van der Waals surface area contributed by atoms with E-state index in [-0.39, 0.29) is 11.4 Å². The summed E-state index contributed by atoms with van der Waals surface area (Å²) in [6.45, 7) is 4.37. The average molecular weight is 262 g/mol. The zero-order valence-corrected chi connectivity index (χ0v) is 11.9. The largest absolute Gasteiger partial charge is 0.481 e. The number of rotatable bonds is 5. The molecule has 1 aromatic rings. The van der Waals surface area contributed by atoms with Crippen LogP contribution in [0.4, 0.5) is 0 Å². The molecule has 2 heterocycles. The van der Waals surface area contributed by atoms with Crippen LogP contribution in [0.15, 0.2) is 18.2 Å². The first-order valence-corrected chi connectivity index (χ1v) is 6.84. The number of hydrogen-bond donors (Lipinski definition) is 1. The number of hydrogen-bond acceptors (Lipinski definition) is 3. The number of nitrogens with one attached hydrogen (secondary N) is 1. The molecule has 1 N–H and O–H groups in total. The number of methoxy groups -OCH3 is 1. The van der Waals surface area contributed by atoms with Crippen molar-refractivity contribution in [3.05, 3.63) is 23.9 Å². The highest BCUT2D eigenvalue weighted by Crippen LogP contribution is 2.31. The van der Waals surface area contributed by atoms with Gasteiger partial charge in [0.05, 0.1) is 7.11 Å². The molecule has 1 fully saturated rings. The summed E-state index contributed by atoms with van der Waals surface area (Å²) in [5.41, 5.74) is 0.840. The summed E-state index contributed by atoms with van der Waals surface area (Å²) in [5.74, 6) is 1.33. The molecule has 0 aliphatic carbocycles. The van der Waals surface area contributed by atoms with Crippen molar-refractivity contribution in [1.82, 2.24) is 10.3 Å². The maximum Gasteiger partial charge on any atom is 0.220 e. The van der Waals surface area contributed by atoms with Crippen molar-refractivity contribution < 1.29 is 9.53 Å². The second-order valence-corrected chi connectivity index (χ2v) is 5.77. The minimum Gasteiger partial charge on any atom is -0.481 e. The second-order valence-electron chi connectivity index (χ2n) is 5.77. The van der Waals surface area contributed by atoms with Crippen LogP contribution < -0.4 is 10.1 Å².